The minimum Gasteiger partial charge on any atom is -0.422 e. The van der Waals surface area contributed by atoms with E-state index in [0.717, 1.165) is 11.1 Å². The van der Waals surface area contributed by atoms with Crippen LogP contribution in [0.15, 0.2) is 97.1 Å². The van der Waals surface area contributed by atoms with Crippen molar-refractivity contribution in [2.45, 2.75) is 52.4 Å². The fourth-order valence-corrected chi connectivity index (χ4v) is 4.78. The van der Waals surface area contributed by atoms with Crippen molar-refractivity contribution in [2.75, 3.05) is 0 Å². The van der Waals surface area contributed by atoms with E-state index in [1.807, 2.05) is 72.8 Å². The SMILES string of the molecule is CC(C)(C)c1ccc(C(=O)Oc2c3ccccc3c(OC(=O)c3ccc(C(C)(C)C)cc3)c3ccccc23)cc1. The van der Waals surface area contributed by atoms with Crippen LogP contribution in [0.2, 0.25) is 0 Å². The molecule has 0 atom stereocenters. The van der Waals surface area contributed by atoms with Crippen molar-refractivity contribution in [3.8, 4) is 11.5 Å². The molecule has 0 radical (unpaired) electrons. The monoisotopic (exact) mass is 530 g/mol. The van der Waals surface area contributed by atoms with Gasteiger partial charge < -0.3 is 9.47 Å². The largest absolute Gasteiger partial charge is 0.422 e. The first kappa shape index (κ1) is 27.1. The maximum atomic E-state index is 13.3. The molecule has 4 nitrogen and oxygen atoms in total. The Morgan fingerprint density at radius 1 is 0.450 bits per heavy atom. The molecule has 0 spiro atoms. The Morgan fingerprint density at radius 2 is 0.725 bits per heavy atom. The molecule has 0 aliphatic carbocycles. The molecule has 0 saturated heterocycles. The van der Waals surface area contributed by atoms with Crippen molar-refractivity contribution >= 4 is 33.5 Å². The van der Waals surface area contributed by atoms with Gasteiger partial charge in [-0.25, -0.2) is 9.59 Å². The molecule has 0 aliphatic heterocycles. The normalized spacial score (nSPS) is 11.9. The minimum absolute atomic E-state index is 0.0171. The van der Waals surface area contributed by atoms with Gasteiger partial charge in [-0.15, -0.1) is 0 Å². The predicted octanol–water partition coefficient (Wildman–Crippen LogP) is 9.03. The molecule has 0 N–H and O–H groups in total. The molecule has 0 bridgehead atoms. The number of hydrogen-bond donors (Lipinski definition) is 0. The lowest BCUT2D eigenvalue weighted by molar-refractivity contribution is 0.0726. The lowest BCUT2D eigenvalue weighted by Gasteiger charge is -2.19. The molecule has 0 saturated carbocycles. The summed E-state index contributed by atoms with van der Waals surface area (Å²) in [6, 6.07) is 30.1. The number of rotatable bonds is 4. The maximum absolute atomic E-state index is 13.3. The van der Waals surface area contributed by atoms with Crippen LogP contribution in [-0.2, 0) is 10.8 Å². The first-order chi connectivity index (χ1) is 18.9. The van der Waals surface area contributed by atoms with Crippen LogP contribution >= 0.6 is 0 Å². The quantitative estimate of drug-likeness (QED) is 0.132. The van der Waals surface area contributed by atoms with E-state index in [1.165, 1.54) is 0 Å². The van der Waals surface area contributed by atoms with E-state index in [-0.39, 0.29) is 10.8 Å². The summed E-state index contributed by atoms with van der Waals surface area (Å²) in [6.45, 7) is 12.8. The van der Waals surface area contributed by atoms with E-state index in [9.17, 15) is 9.59 Å². The van der Waals surface area contributed by atoms with Crippen molar-refractivity contribution in [3.05, 3.63) is 119 Å². The van der Waals surface area contributed by atoms with Gasteiger partial charge in [0.1, 0.15) is 11.5 Å². The molecule has 40 heavy (non-hydrogen) atoms. The summed E-state index contributed by atoms with van der Waals surface area (Å²) >= 11 is 0. The number of carbonyl (C=O) groups excluding carboxylic acids is 2. The molecule has 0 fully saturated rings. The number of fused-ring (bicyclic) bond motifs is 2. The average molecular weight is 531 g/mol. The van der Waals surface area contributed by atoms with E-state index >= 15 is 0 Å². The molecule has 5 rings (SSSR count). The minimum atomic E-state index is -0.445. The third-order valence-corrected chi connectivity index (χ3v) is 7.20. The van der Waals surface area contributed by atoms with Crippen LogP contribution in [0.5, 0.6) is 11.5 Å². The van der Waals surface area contributed by atoms with Crippen molar-refractivity contribution in [3.63, 3.8) is 0 Å². The van der Waals surface area contributed by atoms with E-state index in [0.29, 0.717) is 44.2 Å². The van der Waals surface area contributed by atoms with Gasteiger partial charge in [-0.2, -0.15) is 0 Å². The molecule has 0 unspecified atom stereocenters. The topological polar surface area (TPSA) is 52.6 Å². The molecule has 0 aliphatic rings. The van der Waals surface area contributed by atoms with Gasteiger partial charge in [-0.05, 0) is 46.2 Å². The van der Waals surface area contributed by atoms with Gasteiger partial charge >= 0.3 is 11.9 Å². The van der Waals surface area contributed by atoms with E-state index in [1.54, 1.807) is 24.3 Å². The Morgan fingerprint density at radius 3 is 0.975 bits per heavy atom. The Hall–Kier alpha value is -4.44. The Balaban J connectivity index is 1.55. The molecule has 202 valence electrons. The van der Waals surface area contributed by atoms with Crippen molar-refractivity contribution in [2.24, 2.45) is 0 Å². The maximum Gasteiger partial charge on any atom is 0.343 e. The molecule has 0 heterocycles. The second-order valence-corrected chi connectivity index (χ2v) is 12.2. The zero-order chi connectivity index (χ0) is 28.7. The zero-order valence-electron chi connectivity index (χ0n) is 23.9. The Kier molecular flexibility index (Phi) is 6.97. The molecule has 5 aromatic rings. The number of benzene rings is 5. The molecular formula is C36H34O4. The average Bonchev–Trinajstić information content (AvgIpc) is 2.93. The highest BCUT2D eigenvalue weighted by Gasteiger charge is 2.22. The number of ether oxygens (including phenoxy) is 2. The van der Waals surface area contributed by atoms with E-state index in [4.69, 9.17) is 9.47 Å². The number of hydrogen-bond acceptors (Lipinski definition) is 4. The zero-order valence-corrected chi connectivity index (χ0v) is 23.9. The van der Waals surface area contributed by atoms with Crippen LogP contribution < -0.4 is 9.47 Å². The summed E-state index contributed by atoms with van der Waals surface area (Å²) in [5.74, 6) is -0.0187. The first-order valence-electron chi connectivity index (χ1n) is 13.5. The van der Waals surface area contributed by atoms with Gasteiger partial charge in [0.15, 0.2) is 0 Å². The van der Waals surface area contributed by atoms with Crippen molar-refractivity contribution < 1.29 is 19.1 Å². The molecular weight excluding hydrogens is 496 g/mol. The number of esters is 2. The lowest BCUT2D eigenvalue weighted by Crippen LogP contribution is -2.14. The van der Waals surface area contributed by atoms with Gasteiger partial charge in [-0.3, -0.25) is 0 Å². The van der Waals surface area contributed by atoms with Gasteiger partial charge in [0.2, 0.25) is 0 Å². The van der Waals surface area contributed by atoms with Gasteiger partial charge in [0.05, 0.1) is 11.1 Å². The smallest absolute Gasteiger partial charge is 0.343 e. The van der Waals surface area contributed by atoms with Crippen LogP contribution in [0, 0.1) is 0 Å². The van der Waals surface area contributed by atoms with Crippen molar-refractivity contribution in [1.29, 1.82) is 0 Å². The molecule has 0 amide bonds. The second kappa shape index (κ2) is 10.3. The number of carbonyl (C=O) groups is 2. The van der Waals surface area contributed by atoms with Crippen LogP contribution in [0.3, 0.4) is 0 Å². The fourth-order valence-electron chi connectivity index (χ4n) is 4.78. The highest BCUT2D eigenvalue weighted by atomic mass is 16.5. The third kappa shape index (κ3) is 5.35. The van der Waals surface area contributed by atoms with Crippen molar-refractivity contribution in [1.82, 2.24) is 0 Å². The summed E-state index contributed by atoms with van der Waals surface area (Å²) in [7, 11) is 0. The second-order valence-electron chi connectivity index (χ2n) is 12.2. The lowest BCUT2D eigenvalue weighted by atomic mass is 9.87. The van der Waals surface area contributed by atoms with Gasteiger partial charge in [0, 0.05) is 21.5 Å². The van der Waals surface area contributed by atoms with Crippen LogP contribution in [0.25, 0.3) is 21.5 Å². The van der Waals surface area contributed by atoms with E-state index in [2.05, 4.69) is 41.5 Å². The first-order valence-corrected chi connectivity index (χ1v) is 13.5. The molecule has 5 aromatic carbocycles. The summed E-state index contributed by atoms with van der Waals surface area (Å²) < 4.78 is 12.1. The highest BCUT2D eigenvalue weighted by Crippen LogP contribution is 2.43. The fraction of sp³-hybridized carbons (Fsp3) is 0.222. The van der Waals surface area contributed by atoms with Gasteiger partial charge in [0.25, 0.3) is 0 Å². The summed E-state index contributed by atoms with van der Waals surface area (Å²) in [6.07, 6.45) is 0. The highest BCUT2D eigenvalue weighted by molar-refractivity contribution is 6.13. The van der Waals surface area contributed by atoms with E-state index < -0.39 is 11.9 Å². The van der Waals surface area contributed by atoms with Crippen LogP contribution in [-0.4, -0.2) is 11.9 Å². The van der Waals surface area contributed by atoms with Gasteiger partial charge in [-0.1, -0.05) is 114 Å². The third-order valence-electron chi connectivity index (χ3n) is 7.20. The predicted molar refractivity (Wildman–Crippen MR) is 162 cm³/mol. The summed E-state index contributed by atoms with van der Waals surface area (Å²) in [5.41, 5.74) is 3.18. The van der Waals surface area contributed by atoms with Crippen LogP contribution in [0.4, 0.5) is 0 Å². The molecule has 0 aromatic heterocycles. The standard InChI is InChI=1S/C36H34O4/c1-35(2,3)25-19-15-23(16-20-25)33(37)39-31-27-11-7-9-13-29(27)32(30-14-10-8-12-28(30)31)40-34(38)24-17-21-26(22-18-24)36(4,5)6/h7-22H,1-6H3. The summed E-state index contributed by atoms with van der Waals surface area (Å²) in [5, 5.41) is 2.75. The Labute approximate surface area is 235 Å². The van der Waals surface area contributed by atoms with Crippen LogP contribution in [0.1, 0.15) is 73.4 Å². The Bertz CT molecular complexity index is 1530. The summed E-state index contributed by atoms with van der Waals surface area (Å²) in [4.78, 5) is 26.6. The molecule has 4 heteroatoms.